The molecule has 0 spiro atoms. The van der Waals surface area contributed by atoms with E-state index in [2.05, 4.69) is 33.7 Å². The minimum Gasteiger partial charge on any atom is -0.490 e. The summed E-state index contributed by atoms with van der Waals surface area (Å²) in [5.74, 6) is 0.642. The fourth-order valence-electron chi connectivity index (χ4n) is 3.99. The van der Waals surface area contributed by atoms with Crippen molar-refractivity contribution < 1.29 is 9.53 Å². The van der Waals surface area contributed by atoms with Crippen LogP contribution in [0.5, 0.6) is 5.75 Å². The molecule has 2 aromatic carbocycles. The summed E-state index contributed by atoms with van der Waals surface area (Å²) in [6.45, 7) is 4.19. The molecule has 1 heterocycles. The lowest BCUT2D eigenvalue weighted by molar-refractivity contribution is -0.127. The van der Waals surface area contributed by atoms with Crippen LogP contribution in [0.3, 0.4) is 0 Å². The van der Waals surface area contributed by atoms with Crippen LogP contribution in [0.2, 0.25) is 0 Å². The van der Waals surface area contributed by atoms with Gasteiger partial charge in [-0.3, -0.25) is 4.79 Å². The number of nitrogens with one attached hydrogen (secondary N) is 1. The zero-order valence-corrected chi connectivity index (χ0v) is 21.3. The van der Waals surface area contributed by atoms with E-state index >= 15 is 0 Å². The summed E-state index contributed by atoms with van der Waals surface area (Å²) in [5, 5.41) is 23.4. The summed E-state index contributed by atoms with van der Waals surface area (Å²) in [4.78, 5) is 13.6. The van der Waals surface area contributed by atoms with E-state index in [9.17, 15) is 10.1 Å². The molecule has 0 aliphatic heterocycles. The van der Waals surface area contributed by atoms with Crippen LogP contribution in [0.4, 0.5) is 0 Å². The molecular weight excluding hydrogens is 470 g/mol. The molecular formula is C25H28ClN5O2S. The highest BCUT2D eigenvalue weighted by Gasteiger charge is 2.26. The molecule has 4 rings (SSSR count). The normalized spacial score (nSPS) is 14.3. The third-order valence-electron chi connectivity index (χ3n) is 5.63. The average Bonchev–Trinajstić information content (AvgIpc) is 3.44. The largest absolute Gasteiger partial charge is 0.490 e. The molecule has 0 bridgehead atoms. The molecule has 1 unspecified atom stereocenters. The van der Waals surface area contributed by atoms with Crippen molar-refractivity contribution in [3.63, 3.8) is 0 Å². The van der Waals surface area contributed by atoms with Crippen LogP contribution < -0.4 is 10.1 Å². The summed E-state index contributed by atoms with van der Waals surface area (Å²) in [6, 6.07) is 14.1. The summed E-state index contributed by atoms with van der Waals surface area (Å²) >= 11 is 1.51. The molecule has 3 aromatic rings. The van der Waals surface area contributed by atoms with Crippen molar-refractivity contribution in [2.24, 2.45) is 0 Å². The van der Waals surface area contributed by atoms with Gasteiger partial charge < -0.3 is 15.0 Å². The lowest BCUT2D eigenvalue weighted by Gasteiger charge is -2.16. The molecule has 1 aromatic heterocycles. The molecule has 7 nitrogen and oxygen atoms in total. The highest BCUT2D eigenvalue weighted by atomic mass is 35.5. The number of ether oxygens (including phenoxy) is 1. The molecule has 178 valence electrons. The van der Waals surface area contributed by atoms with E-state index in [1.807, 2.05) is 32.0 Å². The summed E-state index contributed by atoms with van der Waals surface area (Å²) in [6.07, 6.45) is 1.87. The number of benzene rings is 2. The van der Waals surface area contributed by atoms with Crippen molar-refractivity contribution in [2.75, 3.05) is 20.6 Å². The molecule has 1 aliphatic carbocycles. The molecule has 1 aliphatic rings. The Balaban J connectivity index is 0.00000324. The monoisotopic (exact) mass is 497 g/mol. The van der Waals surface area contributed by atoms with Crippen molar-refractivity contribution in [1.82, 2.24) is 20.4 Å². The topological polar surface area (TPSA) is 91.1 Å². The smallest absolute Gasteiger partial charge is 0.236 e. The lowest BCUT2D eigenvalue weighted by atomic mass is 10.0. The van der Waals surface area contributed by atoms with Gasteiger partial charge in [-0.25, -0.2) is 0 Å². The van der Waals surface area contributed by atoms with Gasteiger partial charge in [0.1, 0.15) is 21.8 Å². The van der Waals surface area contributed by atoms with E-state index in [1.54, 1.807) is 25.1 Å². The third kappa shape index (κ3) is 5.39. The van der Waals surface area contributed by atoms with E-state index in [1.165, 1.54) is 22.5 Å². The van der Waals surface area contributed by atoms with Crippen molar-refractivity contribution in [3.8, 4) is 33.0 Å². The first-order valence-corrected chi connectivity index (χ1v) is 11.8. The predicted molar refractivity (Wildman–Crippen MR) is 136 cm³/mol. The Morgan fingerprint density at radius 2 is 2.03 bits per heavy atom. The third-order valence-corrected chi connectivity index (χ3v) is 6.64. The minimum absolute atomic E-state index is 0. The van der Waals surface area contributed by atoms with Gasteiger partial charge in [-0.05, 0) is 56.0 Å². The van der Waals surface area contributed by atoms with Gasteiger partial charge in [0.25, 0.3) is 0 Å². The van der Waals surface area contributed by atoms with Crippen LogP contribution in [0.15, 0.2) is 36.4 Å². The molecule has 0 fully saturated rings. The Morgan fingerprint density at radius 3 is 2.74 bits per heavy atom. The Morgan fingerprint density at radius 1 is 1.26 bits per heavy atom. The number of hydrogen-bond donors (Lipinski definition) is 1. The lowest BCUT2D eigenvalue weighted by Crippen LogP contribution is -2.34. The highest BCUT2D eigenvalue weighted by molar-refractivity contribution is 7.17. The van der Waals surface area contributed by atoms with Gasteiger partial charge in [0.2, 0.25) is 5.91 Å². The SMILES string of the molecule is CC(C)Oc1ccc(-c2nnc(-c3cccc4c3CCC4NCC(=O)N(C)C)s2)cc1C#N.Cl. The number of fused-ring (bicyclic) bond motifs is 1. The van der Waals surface area contributed by atoms with E-state index in [-0.39, 0.29) is 30.5 Å². The first kappa shape index (κ1) is 25.6. The number of hydrogen-bond acceptors (Lipinski definition) is 7. The maximum Gasteiger partial charge on any atom is 0.236 e. The summed E-state index contributed by atoms with van der Waals surface area (Å²) in [5.41, 5.74) is 4.89. The molecule has 1 amide bonds. The number of amides is 1. The highest BCUT2D eigenvalue weighted by Crippen LogP contribution is 2.40. The molecule has 0 saturated heterocycles. The Kier molecular flexibility index (Phi) is 8.26. The number of rotatable bonds is 7. The summed E-state index contributed by atoms with van der Waals surface area (Å²) < 4.78 is 5.72. The number of carbonyl (C=O) groups excluding carboxylic acids is 1. The number of halogens is 1. The van der Waals surface area contributed by atoms with Gasteiger partial charge in [0.15, 0.2) is 0 Å². The molecule has 1 atom stereocenters. The fraction of sp³-hybridized carbons (Fsp3) is 0.360. The molecule has 1 N–H and O–H groups in total. The Bertz CT molecular complexity index is 1220. The maximum absolute atomic E-state index is 12.0. The van der Waals surface area contributed by atoms with Crippen molar-refractivity contribution in [1.29, 1.82) is 5.26 Å². The number of carbonyl (C=O) groups is 1. The van der Waals surface area contributed by atoms with Gasteiger partial charge in [-0.1, -0.05) is 29.5 Å². The fourth-order valence-corrected chi connectivity index (χ4v) is 4.88. The maximum atomic E-state index is 12.0. The van der Waals surface area contributed by atoms with Crippen molar-refractivity contribution in [3.05, 3.63) is 53.1 Å². The number of aromatic nitrogens is 2. The van der Waals surface area contributed by atoms with Crippen molar-refractivity contribution >= 4 is 29.7 Å². The Labute approximate surface area is 210 Å². The second-order valence-corrected chi connectivity index (χ2v) is 9.51. The van der Waals surface area contributed by atoms with Crippen LogP contribution in [-0.4, -0.2) is 47.7 Å². The quantitative estimate of drug-likeness (QED) is 0.512. The minimum atomic E-state index is -0.00410. The van der Waals surface area contributed by atoms with E-state index in [0.717, 1.165) is 34.0 Å². The van der Waals surface area contributed by atoms with Gasteiger partial charge in [0.05, 0.1) is 18.2 Å². The number of nitrogens with zero attached hydrogens (tertiary/aromatic N) is 4. The second-order valence-electron chi connectivity index (χ2n) is 8.54. The number of likely N-dealkylation sites (N-methyl/N-ethyl adjacent to an activating group) is 1. The van der Waals surface area contributed by atoms with Crippen LogP contribution in [0.1, 0.15) is 43.0 Å². The van der Waals surface area contributed by atoms with Gasteiger partial charge in [-0.15, -0.1) is 22.6 Å². The molecule has 0 saturated carbocycles. The molecule has 34 heavy (non-hydrogen) atoms. The Hall–Kier alpha value is -2.99. The first-order valence-electron chi connectivity index (χ1n) is 11.0. The first-order chi connectivity index (χ1) is 15.9. The molecule has 9 heteroatoms. The number of nitriles is 1. The van der Waals surface area contributed by atoms with Crippen LogP contribution in [0.25, 0.3) is 21.1 Å². The van der Waals surface area contributed by atoms with E-state index < -0.39 is 0 Å². The standard InChI is InChI=1S/C25H27N5O2S.ClH/c1-15(2)32-22-11-8-16(12-17(22)13-26)24-28-29-25(33-24)20-7-5-6-19-18(20)9-10-21(19)27-14-23(31)30(3)4;/h5-8,11-12,15,21,27H,9-10,14H2,1-4H3;1H. The van der Waals surface area contributed by atoms with E-state index in [4.69, 9.17) is 4.74 Å². The zero-order valence-electron chi connectivity index (χ0n) is 19.7. The van der Waals surface area contributed by atoms with E-state index in [0.29, 0.717) is 17.9 Å². The van der Waals surface area contributed by atoms with Gasteiger partial charge >= 0.3 is 0 Å². The summed E-state index contributed by atoms with van der Waals surface area (Å²) in [7, 11) is 3.53. The molecule has 0 radical (unpaired) electrons. The second kappa shape index (κ2) is 11.0. The van der Waals surface area contributed by atoms with Crippen molar-refractivity contribution in [2.45, 2.75) is 38.8 Å². The van der Waals surface area contributed by atoms with Crippen LogP contribution in [0, 0.1) is 11.3 Å². The van der Waals surface area contributed by atoms with Gasteiger partial charge in [0, 0.05) is 31.3 Å². The zero-order chi connectivity index (χ0) is 23.5. The van der Waals surface area contributed by atoms with Crippen LogP contribution >= 0.6 is 23.7 Å². The average molecular weight is 498 g/mol. The van der Waals surface area contributed by atoms with Crippen LogP contribution in [-0.2, 0) is 11.2 Å². The van der Waals surface area contributed by atoms with Gasteiger partial charge in [-0.2, -0.15) is 5.26 Å². The predicted octanol–water partition coefficient (Wildman–Crippen LogP) is 4.62.